The standard InChI is InChI=1S/C23H19FN4O.C2HF3O2/c1-14-21(16-10-11-25-12-15(16)13-26-14)22-27-23(29-28-22)19-8-3-2-6-17(19)18-7-4-5-9-20(18)24;3-2(4,5)1(6)7/h2-9,13,25H,10-12H2,1H3;(H,6,7). The third-order valence-corrected chi connectivity index (χ3v) is 5.55. The third-order valence-electron chi connectivity index (χ3n) is 5.55. The molecule has 0 aliphatic carbocycles. The average molecular weight is 500 g/mol. The van der Waals surface area contributed by atoms with E-state index in [0.717, 1.165) is 41.9 Å². The fourth-order valence-electron chi connectivity index (χ4n) is 3.89. The number of benzene rings is 2. The van der Waals surface area contributed by atoms with Gasteiger partial charge in [-0.15, -0.1) is 0 Å². The van der Waals surface area contributed by atoms with Crippen molar-refractivity contribution < 1.29 is 32.0 Å². The topological polar surface area (TPSA) is 101 Å². The van der Waals surface area contributed by atoms with Crippen LogP contribution in [0.15, 0.2) is 59.3 Å². The molecule has 0 spiro atoms. The van der Waals surface area contributed by atoms with Crippen LogP contribution >= 0.6 is 0 Å². The van der Waals surface area contributed by atoms with Crippen LogP contribution in [0.1, 0.15) is 16.8 Å². The Balaban J connectivity index is 0.000000384. The summed E-state index contributed by atoms with van der Waals surface area (Å²) in [4.78, 5) is 18.1. The Hall–Kier alpha value is -4.12. The average Bonchev–Trinajstić information content (AvgIpc) is 3.34. The molecule has 5 rings (SSSR count). The van der Waals surface area contributed by atoms with Gasteiger partial charge in [0.15, 0.2) is 0 Å². The van der Waals surface area contributed by atoms with E-state index < -0.39 is 12.1 Å². The molecular weight excluding hydrogens is 480 g/mol. The van der Waals surface area contributed by atoms with E-state index in [2.05, 4.69) is 20.4 Å². The molecule has 7 nitrogen and oxygen atoms in total. The summed E-state index contributed by atoms with van der Waals surface area (Å²) in [7, 11) is 0. The smallest absolute Gasteiger partial charge is 0.475 e. The molecule has 0 saturated carbocycles. The molecule has 0 saturated heterocycles. The molecule has 1 aliphatic heterocycles. The highest BCUT2D eigenvalue weighted by Gasteiger charge is 2.38. The fraction of sp³-hybridized carbons (Fsp3) is 0.200. The number of hydrogen-bond acceptors (Lipinski definition) is 6. The van der Waals surface area contributed by atoms with Gasteiger partial charge < -0.3 is 14.9 Å². The van der Waals surface area contributed by atoms with E-state index in [1.54, 1.807) is 12.1 Å². The highest BCUT2D eigenvalue weighted by atomic mass is 19.4. The van der Waals surface area contributed by atoms with Gasteiger partial charge in [0.25, 0.3) is 5.89 Å². The van der Waals surface area contributed by atoms with Gasteiger partial charge in [0, 0.05) is 35.1 Å². The van der Waals surface area contributed by atoms with Gasteiger partial charge in [0.2, 0.25) is 5.82 Å². The SMILES string of the molecule is Cc1ncc2c(c1-c1noc(-c3ccccc3-c3ccccc3F)n1)CCNC2.O=C(O)C(F)(F)F. The van der Waals surface area contributed by atoms with Crippen LogP contribution in [-0.2, 0) is 17.8 Å². The van der Waals surface area contributed by atoms with Crippen LogP contribution < -0.4 is 5.32 Å². The zero-order valence-corrected chi connectivity index (χ0v) is 18.9. The minimum atomic E-state index is -5.08. The first-order valence-electron chi connectivity index (χ1n) is 10.8. The maximum absolute atomic E-state index is 14.4. The Bertz CT molecular complexity index is 1400. The van der Waals surface area contributed by atoms with Crippen molar-refractivity contribution in [2.45, 2.75) is 26.1 Å². The molecule has 36 heavy (non-hydrogen) atoms. The van der Waals surface area contributed by atoms with E-state index in [4.69, 9.17) is 14.4 Å². The van der Waals surface area contributed by atoms with Gasteiger partial charge >= 0.3 is 12.1 Å². The predicted octanol–water partition coefficient (Wildman–Crippen LogP) is 5.19. The molecule has 0 bridgehead atoms. The minimum Gasteiger partial charge on any atom is -0.475 e. The first-order valence-corrected chi connectivity index (χ1v) is 10.8. The van der Waals surface area contributed by atoms with Crippen molar-refractivity contribution in [3.05, 3.63) is 77.4 Å². The fourth-order valence-corrected chi connectivity index (χ4v) is 3.89. The number of halogens is 4. The van der Waals surface area contributed by atoms with Gasteiger partial charge in [-0.25, -0.2) is 9.18 Å². The molecule has 3 heterocycles. The van der Waals surface area contributed by atoms with Crippen molar-refractivity contribution in [2.24, 2.45) is 0 Å². The highest BCUT2D eigenvalue weighted by Crippen LogP contribution is 2.35. The van der Waals surface area contributed by atoms with Gasteiger partial charge in [0.1, 0.15) is 5.82 Å². The Labute approximate surface area is 202 Å². The number of alkyl halides is 3. The first-order chi connectivity index (χ1) is 17.2. The van der Waals surface area contributed by atoms with Crippen LogP contribution in [0.3, 0.4) is 0 Å². The Morgan fingerprint density at radius 1 is 1.06 bits per heavy atom. The van der Waals surface area contributed by atoms with Crippen molar-refractivity contribution in [2.75, 3.05) is 6.54 Å². The van der Waals surface area contributed by atoms with Crippen LogP contribution in [0.25, 0.3) is 34.0 Å². The largest absolute Gasteiger partial charge is 0.490 e. The van der Waals surface area contributed by atoms with E-state index in [0.29, 0.717) is 22.8 Å². The van der Waals surface area contributed by atoms with Crippen molar-refractivity contribution in [3.8, 4) is 34.0 Å². The molecule has 11 heteroatoms. The molecule has 1 aliphatic rings. The molecule has 2 aromatic heterocycles. The summed E-state index contributed by atoms with van der Waals surface area (Å²) in [6, 6.07) is 14.2. The maximum Gasteiger partial charge on any atom is 0.490 e. The van der Waals surface area contributed by atoms with Crippen molar-refractivity contribution in [1.82, 2.24) is 20.4 Å². The van der Waals surface area contributed by atoms with Crippen LogP contribution in [0.5, 0.6) is 0 Å². The van der Waals surface area contributed by atoms with Gasteiger partial charge in [-0.1, -0.05) is 41.6 Å². The lowest BCUT2D eigenvalue weighted by Crippen LogP contribution is -2.24. The number of aliphatic carboxylic acids is 1. The van der Waals surface area contributed by atoms with E-state index in [-0.39, 0.29) is 5.82 Å². The number of nitrogens with one attached hydrogen (secondary N) is 1. The van der Waals surface area contributed by atoms with Crippen LogP contribution in [0.4, 0.5) is 17.6 Å². The van der Waals surface area contributed by atoms with E-state index in [1.807, 2.05) is 43.5 Å². The number of carboxylic acid groups (broad SMARTS) is 1. The van der Waals surface area contributed by atoms with E-state index >= 15 is 0 Å². The summed E-state index contributed by atoms with van der Waals surface area (Å²) in [5.41, 5.74) is 6.11. The quantitative estimate of drug-likeness (QED) is 0.373. The van der Waals surface area contributed by atoms with E-state index in [9.17, 15) is 17.6 Å². The van der Waals surface area contributed by atoms with Crippen LogP contribution in [-0.4, -0.2) is 38.9 Å². The zero-order chi connectivity index (χ0) is 25.9. The number of nitrogens with zero attached hydrogens (tertiary/aromatic N) is 3. The summed E-state index contributed by atoms with van der Waals surface area (Å²) in [5.74, 6) is -2.16. The predicted molar refractivity (Wildman–Crippen MR) is 122 cm³/mol. The van der Waals surface area contributed by atoms with E-state index in [1.165, 1.54) is 11.6 Å². The summed E-state index contributed by atoms with van der Waals surface area (Å²) in [6.07, 6.45) is -2.28. The maximum atomic E-state index is 14.4. The van der Waals surface area contributed by atoms with Gasteiger partial charge in [-0.05, 0) is 48.7 Å². The Morgan fingerprint density at radius 2 is 1.69 bits per heavy atom. The normalized spacial score (nSPS) is 12.9. The third kappa shape index (κ3) is 5.25. The molecule has 0 unspecified atom stereocenters. The molecule has 0 fully saturated rings. The zero-order valence-electron chi connectivity index (χ0n) is 18.9. The highest BCUT2D eigenvalue weighted by molar-refractivity contribution is 5.81. The first kappa shape index (κ1) is 25.0. The lowest BCUT2D eigenvalue weighted by atomic mass is 9.95. The molecule has 4 aromatic rings. The monoisotopic (exact) mass is 500 g/mol. The second-order valence-electron chi connectivity index (χ2n) is 7.90. The summed E-state index contributed by atoms with van der Waals surface area (Å²) in [5, 5.41) is 14.7. The number of pyridine rings is 1. The molecule has 2 N–H and O–H groups in total. The van der Waals surface area contributed by atoms with Crippen molar-refractivity contribution >= 4 is 5.97 Å². The second kappa shape index (κ2) is 10.2. The number of aromatic nitrogens is 3. The minimum absolute atomic E-state index is 0.288. The number of fused-ring (bicyclic) bond motifs is 1. The number of carboxylic acids is 1. The van der Waals surface area contributed by atoms with Crippen molar-refractivity contribution in [1.29, 1.82) is 0 Å². The Kier molecular flexibility index (Phi) is 7.11. The van der Waals surface area contributed by atoms with Gasteiger partial charge in [-0.2, -0.15) is 18.2 Å². The van der Waals surface area contributed by atoms with Gasteiger partial charge in [-0.3, -0.25) is 4.98 Å². The number of aryl methyl sites for hydroxylation is 1. The Morgan fingerprint density at radius 3 is 2.36 bits per heavy atom. The number of carbonyl (C=O) groups is 1. The lowest BCUT2D eigenvalue weighted by Gasteiger charge is -2.19. The van der Waals surface area contributed by atoms with Crippen LogP contribution in [0, 0.1) is 12.7 Å². The number of rotatable bonds is 3. The van der Waals surface area contributed by atoms with Crippen LogP contribution in [0.2, 0.25) is 0 Å². The molecule has 186 valence electrons. The summed E-state index contributed by atoms with van der Waals surface area (Å²) in [6.45, 7) is 3.65. The molecule has 2 aromatic carbocycles. The van der Waals surface area contributed by atoms with Gasteiger partial charge in [0.05, 0.1) is 0 Å². The lowest BCUT2D eigenvalue weighted by molar-refractivity contribution is -0.192. The summed E-state index contributed by atoms with van der Waals surface area (Å²) < 4.78 is 51.8. The second-order valence-corrected chi connectivity index (χ2v) is 7.90. The molecular formula is C25H20F4N4O3. The summed E-state index contributed by atoms with van der Waals surface area (Å²) >= 11 is 0. The molecule has 0 amide bonds. The molecule has 0 radical (unpaired) electrons. The van der Waals surface area contributed by atoms with Crippen molar-refractivity contribution in [3.63, 3.8) is 0 Å². The molecule has 0 atom stereocenters. The number of hydrogen-bond donors (Lipinski definition) is 2.